The molecule has 1 aliphatic carbocycles. The van der Waals surface area contributed by atoms with Crippen LogP contribution in [0.1, 0.15) is 56.6 Å². The van der Waals surface area contributed by atoms with Crippen molar-refractivity contribution in [3.05, 3.63) is 35.4 Å². The van der Waals surface area contributed by atoms with E-state index in [9.17, 15) is 8.78 Å². The Labute approximate surface area is 107 Å². The molecule has 100 valence electrons. The number of hydrogen-bond donors (Lipinski definition) is 1. The van der Waals surface area contributed by atoms with E-state index >= 15 is 0 Å². The fourth-order valence-corrected chi connectivity index (χ4v) is 2.84. The number of benzene rings is 1. The van der Waals surface area contributed by atoms with Crippen molar-refractivity contribution in [2.75, 3.05) is 0 Å². The Morgan fingerprint density at radius 1 is 1.06 bits per heavy atom. The molecule has 1 aromatic carbocycles. The molecular weight excluding hydrogens is 232 g/mol. The molecule has 2 N–H and O–H groups in total. The van der Waals surface area contributed by atoms with Gasteiger partial charge in [-0.2, -0.15) is 0 Å². The Balaban J connectivity index is 1.97. The minimum absolute atomic E-state index is 0.178. The third-order valence-corrected chi connectivity index (χ3v) is 3.93. The number of rotatable bonds is 3. The van der Waals surface area contributed by atoms with Gasteiger partial charge in [0, 0.05) is 6.04 Å². The van der Waals surface area contributed by atoms with E-state index in [0.717, 1.165) is 12.5 Å². The lowest BCUT2D eigenvalue weighted by molar-refractivity contribution is 0.391. The van der Waals surface area contributed by atoms with Crippen molar-refractivity contribution >= 4 is 0 Å². The minimum atomic E-state index is -0.805. The first-order valence-corrected chi connectivity index (χ1v) is 6.87. The molecular formula is C15H21F2N. The molecule has 0 heterocycles. The summed E-state index contributed by atoms with van der Waals surface area (Å²) in [4.78, 5) is 0. The first-order chi connectivity index (χ1) is 8.66. The van der Waals surface area contributed by atoms with Gasteiger partial charge in [-0.15, -0.1) is 0 Å². The second-order valence-electron chi connectivity index (χ2n) is 5.37. The quantitative estimate of drug-likeness (QED) is 0.797. The number of hydrogen-bond acceptors (Lipinski definition) is 1. The van der Waals surface area contributed by atoms with Gasteiger partial charge >= 0.3 is 0 Å². The van der Waals surface area contributed by atoms with E-state index in [1.165, 1.54) is 44.6 Å². The molecule has 0 radical (unpaired) electrons. The Kier molecular flexibility index (Phi) is 4.70. The smallest absolute Gasteiger partial charge is 0.159 e. The summed E-state index contributed by atoms with van der Waals surface area (Å²) < 4.78 is 26.0. The van der Waals surface area contributed by atoms with Crippen LogP contribution in [0.15, 0.2) is 18.2 Å². The van der Waals surface area contributed by atoms with E-state index < -0.39 is 11.6 Å². The molecule has 3 heteroatoms. The summed E-state index contributed by atoms with van der Waals surface area (Å²) in [6, 6.07) is 3.82. The monoisotopic (exact) mass is 253 g/mol. The highest BCUT2D eigenvalue weighted by Gasteiger charge is 2.17. The molecule has 1 nitrogen and oxygen atoms in total. The second-order valence-corrected chi connectivity index (χ2v) is 5.37. The Bertz CT molecular complexity index is 384. The van der Waals surface area contributed by atoms with Crippen LogP contribution in [-0.4, -0.2) is 0 Å². The Hall–Kier alpha value is -0.960. The zero-order chi connectivity index (χ0) is 13.0. The summed E-state index contributed by atoms with van der Waals surface area (Å²) >= 11 is 0. The highest BCUT2D eigenvalue weighted by atomic mass is 19.2. The zero-order valence-electron chi connectivity index (χ0n) is 10.7. The first-order valence-electron chi connectivity index (χ1n) is 6.87. The van der Waals surface area contributed by atoms with Gasteiger partial charge in [-0.1, -0.05) is 44.6 Å². The van der Waals surface area contributed by atoms with Gasteiger partial charge in [-0.05, 0) is 30.0 Å². The molecule has 0 saturated heterocycles. The van der Waals surface area contributed by atoms with Crippen molar-refractivity contribution in [2.24, 2.45) is 11.7 Å². The van der Waals surface area contributed by atoms with Gasteiger partial charge in [0.2, 0.25) is 0 Å². The molecule has 1 fully saturated rings. The average molecular weight is 253 g/mol. The fourth-order valence-electron chi connectivity index (χ4n) is 2.84. The summed E-state index contributed by atoms with van der Waals surface area (Å²) in [5.41, 5.74) is 6.81. The third kappa shape index (κ3) is 3.52. The summed E-state index contributed by atoms with van der Waals surface area (Å²) in [7, 11) is 0. The molecule has 1 aromatic rings. The van der Waals surface area contributed by atoms with E-state index in [1.54, 1.807) is 6.07 Å². The SMILES string of the molecule is NC(CC1CCCCCC1)c1ccc(F)c(F)c1. The van der Waals surface area contributed by atoms with E-state index in [0.29, 0.717) is 11.5 Å². The second kappa shape index (κ2) is 6.28. The molecule has 1 atom stereocenters. The first kappa shape index (κ1) is 13.5. The largest absolute Gasteiger partial charge is 0.324 e. The summed E-state index contributed by atoms with van der Waals surface area (Å²) in [5, 5.41) is 0. The third-order valence-electron chi connectivity index (χ3n) is 3.93. The number of halogens is 2. The van der Waals surface area contributed by atoms with Gasteiger partial charge in [0.1, 0.15) is 0 Å². The molecule has 1 saturated carbocycles. The van der Waals surface area contributed by atoms with Gasteiger partial charge in [-0.3, -0.25) is 0 Å². The summed E-state index contributed by atoms with van der Waals surface area (Å²) in [5.74, 6) is -0.972. The molecule has 0 aliphatic heterocycles. The maximum Gasteiger partial charge on any atom is 0.159 e. The maximum atomic E-state index is 13.2. The standard InChI is InChI=1S/C15H21F2N/c16-13-8-7-12(10-14(13)17)15(18)9-11-5-3-1-2-4-6-11/h7-8,10-11,15H,1-6,9,18H2. The summed E-state index contributed by atoms with van der Waals surface area (Å²) in [6.07, 6.45) is 8.50. The van der Waals surface area contributed by atoms with E-state index in [-0.39, 0.29) is 6.04 Å². The highest BCUT2D eigenvalue weighted by molar-refractivity contribution is 5.21. The van der Waals surface area contributed by atoms with Crippen LogP contribution in [0.2, 0.25) is 0 Å². The molecule has 18 heavy (non-hydrogen) atoms. The van der Waals surface area contributed by atoms with Crippen LogP contribution in [0.25, 0.3) is 0 Å². The molecule has 1 aliphatic rings. The topological polar surface area (TPSA) is 26.0 Å². The Morgan fingerprint density at radius 3 is 2.33 bits per heavy atom. The minimum Gasteiger partial charge on any atom is -0.324 e. The van der Waals surface area contributed by atoms with Crippen LogP contribution in [0, 0.1) is 17.6 Å². The fraction of sp³-hybridized carbons (Fsp3) is 0.600. The van der Waals surface area contributed by atoms with Crippen molar-refractivity contribution in [1.82, 2.24) is 0 Å². The average Bonchev–Trinajstić information content (AvgIpc) is 2.61. The van der Waals surface area contributed by atoms with Gasteiger partial charge in [0.05, 0.1) is 0 Å². The molecule has 0 bridgehead atoms. The van der Waals surface area contributed by atoms with Crippen LogP contribution in [-0.2, 0) is 0 Å². The van der Waals surface area contributed by atoms with E-state index in [1.807, 2.05) is 0 Å². The van der Waals surface area contributed by atoms with Crippen LogP contribution in [0.5, 0.6) is 0 Å². The summed E-state index contributed by atoms with van der Waals surface area (Å²) in [6.45, 7) is 0. The predicted octanol–water partition coefficient (Wildman–Crippen LogP) is 4.33. The van der Waals surface area contributed by atoms with Crippen LogP contribution >= 0.6 is 0 Å². The highest BCUT2D eigenvalue weighted by Crippen LogP contribution is 2.30. The van der Waals surface area contributed by atoms with Gasteiger partial charge < -0.3 is 5.73 Å². The van der Waals surface area contributed by atoms with Crippen molar-refractivity contribution in [3.8, 4) is 0 Å². The maximum absolute atomic E-state index is 13.2. The zero-order valence-corrected chi connectivity index (χ0v) is 10.7. The Morgan fingerprint density at radius 2 is 1.72 bits per heavy atom. The van der Waals surface area contributed by atoms with Crippen molar-refractivity contribution in [3.63, 3.8) is 0 Å². The van der Waals surface area contributed by atoms with E-state index in [4.69, 9.17) is 5.73 Å². The van der Waals surface area contributed by atoms with Crippen molar-refractivity contribution in [1.29, 1.82) is 0 Å². The lowest BCUT2D eigenvalue weighted by atomic mass is 9.90. The molecule has 0 amide bonds. The van der Waals surface area contributed by atoms with E-state index in [2.05, 4.69) is 0 Å². The van der Waals surface area contributed by atoms with Gasteiger partial charge in [-0.25, -0.2) is 8.78 Å². The predicted molar refractivity (Wildman–Crippen MR) is 69.1 cm³/mol. The van der Waals surface area contributed by atoms with Crippen LogP contribution in [0.3, 0.4) is 0 Å². The van der Waals surface area contributed by atoms with Crippen LogP contribution in [0.4, 0.5) is 8.78 Å². The van der Waals surface area contributed by atoms with Crippen molar-refractivity contribution < 1.29 is 8.78 Å². The number of nitrogens with two attached hydrogens (primary N) is 1. The lowest BCUT2D eigenvalue weighted by Gasteiger charge is -2.19. The van der Waals surface area contributed by atoms with Crippen LogP contribution < -0.4 is 5.73 Å². The van der Waals surface area contributed by atoms with Gasteiger partial charge in [0.25, 0.3) is 0 Å². The van der Waals surface area contributed by atoms with Crippen molar-refractivity contribution in [2.45, 2.75) is 51.0 Å². The molecule has 1 unspecified atom stereocenters. The molecule has 0 aromatic heterocycles. The molecule has 0 spiro atoms. The normalized spacial score (nSPS) is 19.5. The lowest BCUT2D eigenvalue weighted by Crippen LogP contribution is -2.15. The van der Waals surface area contributed by atoms with Gasteiger partial charge in [0.15, 0.2) is 11.6 Å². The molecule has 2 rings (SSSR count).